The Morgan fingerprint density at radius 1 is 1.21 bits per heavy atom. The summed E-state index contributed by atoms with van der Waals surface area (Å²) in [5.74, 6) is 0.998. The first kappa shape index (κ1) is 16.1. The van der Waals surface area contributed by atoms with Gasteiger partial charge in [0.15, 0.2) is 0 Å². The van der Waals surface area contributed by atoms with Crippen molar-refractivity contribution in [2.24, 2.45) is 0 Å². The summed E-state index contributed by atoms with van der Waals surface area (Å²) in [5.41, 5.74) is 3.71. The van der Waals surface area contributed by atoms with Crippen molar-refractivity contribution in [2.45, 2.75) is 20.0 Å². The Kier molecular flexibility index (Phi) is 4.83. The second-order valence-electron chi connectivity index (χ2n) is 5.58. The van der Waals surface area contributed by atoms with E-state index in [9.17, 15) is 5.26 Å². The number of nitrogens with one attached hydrogen (secondary N) is 1. The van der Waals surface area contributed by atoms with Crippen molar-refractivity contribution in [3.05, 3.63) is 82.4 Å². The minimum absolute atomic E-state index is 0.549. The second kappa shape index (κ2) is 7.20. The number of hydrogen-bond acceptors (Lipinski definition) is 3. The number of halogens is 1. The molecule has 120 valence electrons. The normalized spacial score (nSPS) is 10.4. The Morgan fingerprint density at radius 3 is 2.79 bits per heavy atom. The van der Waals surface area contributed by atoms with Gasteiger partial charge in [-0.1, -0.05) is 35.9 Å². The fraction of sp³-hybridized carbons (Fsp3) is 0.158. The fourth-order valence-corrected chi connectivity index (χ4v) is 2.74. The maximum atomic E-state index is 9.20. The Balaban J connectivity index is 1.71. The van der Waals surface area contributed by atoms with Gasteiger partial charge in [0.1, 0.15) is 11.9 Å². The molecule has 0 unspecified atom stereocenters. The molecule has 0 saturated heterocycles. The number of aromatic nitrogens is 2. The van der Waals surface area contributed by atoms with Crippen LogP contribution < -0.4 is 5.32 Å². The predicted octanol–water partition coefficient (Wildman–Crippen LogP) is 4.38. The van der Waals surface area contributed by atoms with Gasteiger partial charge in [-0.15, -0.1) is 0 Å². The van der Waals surface area contributed by atoms with Crippen molar-refractivity contribution in [2.75, 3.05) is 5.32 Å². The highest BCUT2D eigenvalue weighted by Crippen LogP contribution is 2.20. The SMILES string of the molecule is Cc1nccn1Cc1cccc(CNc2ccc(Cl)cc2C#N)c1. The van der Waals surface area contributed by atoms with Gasteiger partial charge in [0.05, 0.1) is 11.3 Å². The third-order valence-electron chi connectivity index (χ3n) is 3.85. The molecule has 0 aliphatic rings. The van der Waals surface area contributed by atoms with Crippen LogP contribution in [0.2, 0.25) is 5.02 Å². The van der Waals surface area contributed by atoms with Crippen LogP contribution in [0, 0.1) is 18.3 Å². The summed E-state index contributed by atoms with van der Waals surface area (Å²) >= 11 is 5.93. The summed E-state index contributed by atoms with van der Waals surface area (Å²) in [6.07, 6.45) is 3.79. The van der Waals surface area contributed by atoms with Crippen LogP contribution in [0.3, 0.4) is 0 Å². The number of anilines is 1. The first-order valence-electron chi connectivity index (χ1n) is 7.65. The zero-order valence-electron chi connectivity index (χ0n) is 13.3. The molecule has 24 heavy (non-hydrogen) atoms. The molecule has 5 heteroatoms. The quantitative estimate of drug-likeness (QED) is 0.752. The Bertz CT molecular complexity index is 892. The molecule has 0 spiro atoms. The van der Waals surface area contributed by atoms with E-state index in [1.807, 2.05) is 31.5 Å². The summed E-state index contributed by atoms with van der Waals surface area (Å²) in [5, 5.41) is 13.1. The van der Waals surface area contributed by atoms with Crippen LogP contribution >= 0.6 is 11.6 Å². The van der Waals surface area contributed by atoms with E-state index in [2.05, 4.69) is 39.1 Å². The van der Waals surface area contributed by atoms with Crippen molar-refractivity contribution < 1.29 is 0 Å². The van der Waals surface area contributed by atoms with Gasteiger partial charge < -0.3 is 9.88 Å². The largest absolute Gasteiger partial charge is 0.380 e. The molecule has 3 aromatic rings. The van der Waals surface area contributed by atoms with E-state index in [-0.39, 0.29) is 0 Å². The standard InChI is InChI=1S/C19H17ClN4/c1-14-22-7-8-24(14)13-16-4-2-3-15(9-16)12-23-19-6-5-18(20)10-17(19)11-21/h2-10,23H,12-13H2,1H3. The lowest BCUT2D eigenvalue weighted by atomic mass is 10.1. The summed E-state index contributed by atoms with van der Waals surface area (Å²) < 4.78 is 2.11. The van der Waals surface area contributed by atoms with E-state index in [0.29, 0.717) is 17.1 Å². The average molecular weight is 337 g/mol. The zero-order chi connectivity index (χ0) is 16.9. The zero-order valence-corrected chi connectivity index (χ0v) is 14.1. The van der Waals surface area contributed by atoms with Crippen molar-refractivity contribution in [3.8, 4) is 6.07 Å². The van der Waals surface area contributed by atoms with Crippen LogP contribution in [-0.4, -0.2) is 9.55 Å². The molecule has 0 amide bonds. The molecule has 0 saturated carbocycles. The van der Waals surface area contributed by atoms with Crippen LogP contribution in [0.1, 0.15) is 22.5 Å². The summed E-state index contributed by atoms with van der Waals surface area (Å²) in [6.45, 7) is 3.44. The summed E-state index contributed by atoms with van der Waals surface area (Å²) in [4.78, 5) is 4.25. The van der Waals surface area contributed by atoms with Gasteiger partial charge in [0.2, 0.25) is 0 Å². The van der Waals surface area contributed by atoms with Gasteiger partial charge in [-0.25, -0.2) is 4.98 Å². The molecule has 0 aliphatic heterocycles. The Labute approximate surface area is 146 Å². The van der Waals surface area contributed by atoms with Gasteiger partial charge in [0, 0.05) is 30.5 Å². The van der Waals surface area contributed by atoms with Crippen LogP contribution in [0.5, 0.6) is 0 Å². The number of nitriles is 1. The predicted molar refractivity (Wildman–Crippen MR) is 96.0 cm³/mol. The van der Waals surface area contributed by atoms with Gasteiger partial charge in [-0.3, -0.25) is 0 Å². The third-order valence-corrected chi connectivity index (χ3v) is 4.09. The highest BCUT2D eigenvalue weighted by atomic mass is 35.5. The highest BCUT2D eigenvalue weighted by molar-refractivity contribution is 6.30. The molecule has 0 fully saturated rings. The molecular weight excluding hydrogens is 320 g/mol. The lowest BCUT2D eigenvalue weighted by Crippen LogP contribution is -2.04. The van der Waals surface area contributed by atoms with Gasteiger partial charge in [-0.2, -0.15) is 5.26 Å². The molecule has 2 aromatic carbocycles. The molecule has 1 aromatic heterocycles. The highest BCUT2D eigenvalue weighted by Gasteiger charge is 2.04. The smallest absolute Gasteiger partial charge is 0.105 e. The maximum absolute atomic E-state index is 9.20. The van der Waals surface area contributed by atoms with Crippen molar-refractivity contribution in [1.82, 2.24) is 9.55 Å². The first-order chi connectivity index (χ1) is 11.7. The number of hydrogen-bond donors (Lipinski definition) is 1. The number of rotatable bonds is 5. The van der Waals surface area contributed by atoms with Gasteiger partial charge in [-0.05, 0) is 36.2 Å². The summed E-state index contributed by atoms with van der Waals surface area (Å²) in [7, 11) is 0. The fourth-order valence-electron chi connectivity index (χ4n) is 2.57. The molecule has 1 heterocycles. The molecule has 0 radical (unpaired) electrons. The minimum Gasteiger partial charge on any atom is -0.380 e. The van der Waals surface area contributed by atoms with Crippen LogP contribution in [0.25, 0.3) is 0 Å². The molecule has 0 aliphatic carbocycles. The van der Waals surface area contributed by atoms with E-state index in [1.165, 1.54) is 5.56 Å². The maximum Gasteiger partial charge on any atom is 0.105 e. The number of benzene rings is 2. The van der Waals surface area contributed by atoms with Crippen molar-refractivity contribution in [1.29, 1.82) is 5.26 Å². The monoisotopic (exact) mass is 336 g/mol. The molecular formula is C19H17ClN4. The number of aryl methyl sites for hydroxylation is 1. The first-order valence-corrected chi connectivity index (χ1v) is 8.02. The van der Waals surface area contributed by atoms with Crippen molar-refractivity contribution >= 4 is 17.3 Å². The van der Waals surface area contributed by atoms with E-state index in [4.69, 9.17) is 11.6 Å². The van der Waals surface area contributed by atoms with Gasteiger partial charge >= 0.3 is 0 Å². The third kappa shape index (κ3) is 3.76. The van der Waals surface area contributed by atoms with E-state index in [1.54, 1.807) is 12.1 Å². The van der Waals surface area contributed by atoms with Crippen LogP contribution in [0.4, 0.5) is 5.69 Å². The molecule has 1 N–H and O–H groups in total. The Morgan fingerprint density at radius 2 is 2.04 bits per heavy atom. The van der Waals surface area contributed by atoms with Crippen LogP contribution in [-0.2, 0) is 13.1 Å². The Hall–Kier alpha value is -2.77. The lowest BCUT2D eigenvalue weighted by molar-refractivity contribution is 0.760. The van der Waals surface area contributed by atoms with Crippen molar-refractivity contribution in [3.63, 3.8) is 0 Å². The molecule has 0 bridgehead atoms. The van der Waals surface area contributed by atoms with E-state index >= 15 is 0 Å². The minimum atomic E-state index is 0.549. The summed E-state index contributed by atoms with van der Waals surface area (Å²) in [6, 6.07) is 15.8. The topological polar surface area (TPSA) is 53.6 Å². The second-order valence-corrected chi connectivity index (χ2v) is 6.01. The number of nitrogens with zero attached hydrogens (tertiary/aromatic N) is 3. The number of imidazole rings is 1. The lowest BCUT2D eigenvalue weighted by Gasteiger charge is -2.11. The molecule has 3 rings (SSSR count). The van der Waals surface area contributed by atoms with E-state index < -0.39 is 0 Å². The molecule has 4 nitrogen and oxygen atoms in total. The van der Waals surface area contributed by atoms with Crippen LogP contribution in [0.15, 0.2) is 54.9 Å². The average Bonchev–Trinajstić information content (AvgIpc) is 2.99. The van der Waals surface area contributed by atoms with E-state index in [0.717, 1.165) is 23.6 Å². The molecule has 0 atom stereocenters. The van der Waals surface area contributed by atoms with Gasteiger partial charge in [0.25, 0.3) is 0 Å².